The van der Waals surface area contributed by atoms with Crippen molar-refractivity contribution in [1.82, 2.24) is 9.80 Å². The molecule has 0 saturated carbocycles. The first-order valence-corrected chi connectivity index (χ1v) is 9.01. The minimum absolute atomic E-state index is 0.0254. The molecule has 27 heavy (non-hydrogen) atoms. The summed E-state index contributed by atoms with van der Waals surface area (Å²) in [5.41, 5.74) is 7.40. The Hall–Kier alpha value is -3.12. The molecule has 6 heteroatoms. The number of hydrogen-bond acceptors (Lipinski definition) is 3. The van der Waals surface area contributed by atoms with Gasteiger partial charge in [0.1, 0.15) is 0 Å². The number of nitrogens with two attached hydrogens (primary N) is 1. The van der Waals surface area contributed by atoms with E-state index in [1.54, 1.807) is 24.3 Å². The zero-order valence-corrected chi connectivity index (χ0v) is 15.2. The molecule has 6 nitrogen and oxygen atoms in total. The van der Waals surface area contributed by atoms with Gasteiger partial charge in [0.05, 0.1) is 0 Å². The van der Waals surface area contributed by atoms with E-state index >= 15 is 0 Å². The fourth-order valence-corrected chi connectivity index (χ4v) is 3.09. The lowest BCUT2D eigenvalue weighted by Gasteiger charge is -2.34. The van der Waals surface area contributed by atoms with Gasteiger partial charge in [-0.05, 0) is 23.8 Å². The second kappa shape index (κ2) is 9.00. The maximum atomic E-state index is 12.7. The third-order valence-electron chi connectivity index (χ3n) is 4.51. The van der Waals surface area contributed by atoms with Crippen molar-refractivity contribution in [3.63, 3.8) is 0 Å². The Bertz CT molecular complexity index is 812. The molecular formula is C21H24N4O2. The maximum Gasteiger partial charge on any atom is 0.316 e. The van der Waals surface area contributed by atoms with Crippen molar-refractivity contribution >= 4 is 23.7 Å². The van der Waals surface area contributed by atoms with Gasteiger partial charge in [-0.3, -0.25) is 9.69 Å². The number of nitrogens with one attached hydrogen (secondary N) is 1. The number of benzene rings is 2. The van der Waals surface area contributed by atoms with Crippen LogP contribution in [0.5, 0.6) is 0 Å². The van der Waals surface area contributed by atoms with Crippen LogP contribution in [0.3, 0.4) is 0 Å². The van der Waals surface area contributed by atoms with E-state index in [1.807, 2.05) is 23.1 Å². The van der Waals surface area contributed by atoms with Gasteiger partial charge >= 0.3 is 6.03 Å². The number of piperazine rings is 1. The van der Waals surface area contributed by atoms with Crippen molar-refractivity contribution in [1.29, 1.82) is 0 Å². The predicted octanol–water partition coefficient (Wildman–Crippen LogP) is 2.65. The maximum absolute atomic E-state index is 12.7. The van der Waals surface area contributed by atoms with Crippen LogP contribution in [0, 0.1) is 0 Å². The van der Waals surface area contributed by atoms with Crippen LogP contribution in [0.1, 0.15) is 15.9 Å². The predicted molar refractivity (Wildman–Crippen MR) is 107 cm³/mol. The molecule has 1 aliphatic heterocycles. The molecule has 1 saturated heterocycles. The molecule has 0 spiro atoms. The molecule has 3 amide bonds. The highest BCUT2D eigenvalue weighted by Gasteiger charge is 2.21. The molecule has 0 radical (unpaired) electrons. The van der Waals surface area contributed by atoms with Crippen LogP contribution in [0.2, 0.25) is 0 Å². The summed E-state index contributed by atoms with van der Waals surface area (Å²) in [6, 6.07) is 16.4. The lowest BCUT2D eigenvalue weighted by Crippen LogP contribution is -2.48. The van der Waals surface area contributed by atoms with Crippen LogP contribution >= 0.6 is 0 Å². The summed E-state index contributed by atoms with van der Waals surface area (Å²) in [7, 11) is 0. The molecule has 3 N–H and O–H groups in total. The Balaban J connectivity index is 1.50. The van der Waals surface area contributed by atoms with Crippen LogP contribution in [0.15, 0.2) is 60.7 Å². The number of primary amides is 1. The summed E-state index contributed by atoms with van der Waals surface area (Å²) in [5, 5.41) is 2.50. The van der Waals surface area contributed by atoms with E-state index in [0.717, 1.165) is 19.6 Å². The van der Waals surface area contributed by atoms with E-state index < -0.39 is 6.03 Å². The molecule has 2 aromatic carbocycles. The third kappa shape index (κ3) is 5.43. The lowest BCUT2D eigenvalue weighted by atomic mass is 10.1. The summed E-state index contributed by atoms with van der Waals surface area (Å²) in [4.78, 5) is 27.8. The molecule has 1 fully saturated rings. The van der Waals surface area contributed by atoms with Crippen LogP contribution in [-0.4, -0.2) is 54.5 Å². The minimum atomic E-state index is -0.642. The van der Waals surface area contributed by atoms with E-state index in [9.17, 15) is 9.59 Å². The number of carbonyl (C=O) groups excluding carboxylic acids is 2. The summed E-state index contributed by atoms with van der Waals surface area (Å²) < 4.78 is 0. The van der Waals surface area contributed by atoms with E-state index in [1.165, 1.54) is 5.56 Å². The Morgan fingerprint density at radius 1 is 1.00 bits per heavy atom. The number of nitrogens with zero attached hydrogens (tertiary/aromatic N) is 2. The van der Waals surface area contributed by atoms with E-state index in [0.29, 0.717) is 24.3 Å². The molecule has 140 valence electrons. The van der Waals surface area contributed by atoms with Gasteiger partial charge in [0.25, 0.3) is 5.91 Å². The topological polar surface area (TPSA) is 78.7 Å². The van der Waals surface area contributed by atoms with E-state index in [4.69, 9.17) is 5.73 Å². The highest BCUT2D eigenvalue weighted by molar-refractivity contribution is 5.96. The Morgan fingerprint density at radius 3 is 2.44 bits per heavy atom. The van der Waals surface area contributed by atoms with Crippen LogP contribution in [-0.2, 0) is 0 Å². The van der Waals surface area contributed by atoms with Crippen molar-refractivity contribution in [3.8, 4) is 0 Å². The molecule has 0 aromatic heterocycles. The zero-order valence-electron chi connectivity index (χ0n) is 15.2. The molecule has 2 aromatic rings. The van der Waals surface area contributed by atoms with Crippen molar-refractivity contribution in [2.45, 2.75) is 0 Å². The summed E-state index contributed by atoms with van der Waals surface area (Å²) in [6.45, 7) is 3.92. The first-order valence-electron chi connectivity index (χ1n) is 9.01. The number of amides is 3. The molecule has 0 unspecified atom stereocenters. The van der Waals surface area contributed by atoms with Gasteiger partial charge < -0.3 is 16.0 Å². The Morgan fingerprint density at radius 2 is 1.74 bits per heavy atom. The number of carbonyl (C=O) groups is 2. The minimum Gasteiger partial charge on any atom is -0.351 e. The lowest BCUT2D eigenvalue weighted by molar-refractivity contribution is 0.0650. The van der Waals surface area contributed by atoms with Crippen molar-refractivity contribution < 1.29 is 9.59 Å². The first-order chi connectivity index (χ1) is 13.1. The Kier molecular flexibility index (Phi) is 6.22. The van der Waals surface area contributed by atoms with Gasteiger partial charge in [-0.2, -0.15) is 0 Å². The second-order valence-corrected chi connectivity index (χ2v) is 6.48. The SMILES string of the molecule is NC(=O)Nc1cccc(C(=O)N2CCN(C/C=C/c3ccccc3)CC2)c1. The molecule has 1 heterocycles. The smallest absolute Gasteiger partial charge is 0.316 e. The largest absolute Gasteiger partial charge is 0.351 e. The van der Waals surface area contributed by atoms with Crippen molar-refractivity contribution in [2.24, 2.45) is 5.73 Å². The molecular weight excluding hydrogens is 340 g/mol. The molecule has 0 atom stereocenters. The number of rotatable bonds is 5. The van der Waals surface area contributed by atoms with Gasteiger partial charge in [-0.1, -0.05) is 48.6 Å². The quantitative estimate of drug-likeness (QED) is 0.856. The average molecular weight is 364 g/mol. The van der Waals surface area contributed by atoms with Crippen LogP contribution < -0.4 is 11.1 Å². The van der Waals surface area contributed by atoms with E-state index in [-0.39, 0.29) is 5.91 Å². The monoisotopic (exact) mass is 364 g/mol. The van der Waals surface area contributed by atoms with Gasteiger partial charge in [-0.15, -0.1) is 0 Å². The molecule has 0 aliphatic carbocycles. The average Bonchev–Trinajstić information content (AvgIpc) is 2.68. The van der Waals surface area contributed by atoms with Gasteiger partial charge in [-0.25, -0.2) is 4.79 Å². The third-order valence-corrected chi connectivity index (χ3v) is 4.51. The highest BCUT2D eigenvalue weighted by atomic mass is 16.2. The number of hydrogen-bond donors (Lipinski definition) is 2. The van der Waals surface area contributed by atoms with Crippen LogP contribution in [0.4, 0.5) is 10.5 Å². The van der Waals surface area contributed by atoms with Crippen molar-refractivity contribution in [2.75, 3.05) is 38.0 Å². The Labute approximate surface area is 159 Å². The van der Waals surface area contributed by atoms with E-state index in [2.05, 4.69) is 34.5 Å². The van der Waals surface area contributed by atoms with Gasteiger partial charge in [0.15, 0.2) is 0 Å². The zero-order chi connectivity index (χ0) is 19.1. The molecule has 1 aliphatic rings. The van der Waals surface area contributed by atoms with Gasteiger partial charge in [0, 0.05) is 44.0 Å². The van der Waals surface area contributed by atoms with Crippen LogP contribution in [0.25, 0.3) is 6.08 Å². The highest BCUT2D eigenvalue weighted by Crippen LogP contribution is 2.14. The molecule has 3 rings (SSSR count). The fraction of sp³-hybridized carbons (Fsp3) is 0.238. The number of urea groups is 1. The summed E-state index contributed by atoms with van der Waals surface area (Å²) >= 11 is 0. The normalized spacial score (nSPS) is 15.0. The first kappa shape index (κ1) is 18.7. The fourth-order valence-electron chi connectivity index (χ4n) is 3.09. The summed E-state index contributed by atoms with van der Waals surface area (Å²) in [6.07, 6.45) is 4.28. The standard InChI is InChI=1S/C21H24N4O2/c22-21(27)23-19-10-4-9-18(16-19)20(26)25-14-12-24(13-15-25)11-5-8-17-6-2-1-3-7-17/h1-10,16H,11-15H2,(H3,22,23,27)/b8-5+. The second-order valence-electron chi connectivity index (χ2n) is 6.48. The van der Waals surface area contributed by atoms with Crippen molar-refractivity contribution in [3.05, 3.63) is 71.8 Å². The number of anilines is 1. The molecule has 0 bridgehead atoms. The summed E-state index contributed by atoms with van der Waals surface area (Å²) in [5.74, 6) is -0.0254. The van der Waals surface area contributed by atoms with Gasteiger partial charge in [0.2, 0.25) is 0 Å².